The Hall–Kier alpha value is -3.80. The highest BCUT2D eigenvalue weighted by molar-refractivity contribution is 7.89. The Balaban J connectivity index is 1.08. The van der Waals surface area contributed by atoms with Gasteiger partial charge in [-0.25, -0.2) is 13.2 Å². The van der Waals surface area contributed by atoms with Crippen molar-refractivity contribution in [2.45, 2.75) is 132 Å². The number of alkyl carbamates (subject to hydrolysis) is 1. The van der Waals surface area contributed by atoms with E-state index in [-0.39, 0.29) is 48.0 Å². The lowest BCUT2D eigenvalue weighted by molar-refractivity contribution is -0.142. The van der Waals surface area contributed by atoms with Gasteiger partial charge in [0, 0.05) is 36.1 Å². The van der Waals surface area contributed by atoms with Crippen molar-refractivity contribution >= 4 is 33.6 Å². The van der Waals surface area contributed by atoms with E-state index < -0.39 is 27.8 Å². The van der Waals surface area contributed by atoms with Crippen molar-refractivity contribution in [3.63, 3.8) is 0 Å². The quantitative estimate of drug-likeness (QED) is 0.219. The van der Waals surface area contributed by atoms with E-state index in [1.54, 1.807) is 24.3 Å². The first-order valence-electron chi connectivity index (χ1n) is 19.9. The van der Waals surface area contributed by atoms with Crippen LogP contribution in [-0.4, -0.2) is 78.6 Å². The van der Waals surface area contributed by atoms with E-state index in [9.17, 15) is 18.0 Å². The summed E-state index contributed by atoms with van der Waals surface area (Å²) >= 11 is 6.08. The molecule has 55 heavy (non-hydrogen) atoms. The molecule has 1 saturated carbocycles. The summed E-state index contributed by atoms with van der Waals surface area (Å²) in [6.45, 7) is 6.25. The Morgan fingerprint density at radius 1 is 0.782 bits per heavy atom. The van der Waals surface area contributed by atoms with Gasteiger partial charge in [0.15, 0.2) is 0 Å². The molecule has 7 rings (SSSR count). The lowest BCUT2D eigenvalue weighted by atomic mass is 9.90. The van der Waals surface area contributed by atoms with Crippen LogP contribution in [0.1, 0.15) is 91.4 Å². The molecule has 3 heterocycles. The van der Waals surface area contributed by atoms with Gasteiger partial charge in [0.1, 0.15) is 29.2 Å². The number of hydrogen-bond donors (Lipinski definition) is 1. The zero-order valence-corrected chi connectivity index (χ0v) is 33.7. The minimum Gasteiger partial charge on any atom is -0.493 e. The van der Waals surface area contributed by atoms with Crippen LogP contribution in [0.25, 0.3) is 11.1 Å². The molecule has 296 valence electrons. The van der Waals surface area contributed by atoms with Crippen molar-refractivity contribution in [2.75, 3.05) is 13.2 Å². The third-order valence-corrected chi connectivity index (χ3v) is 13.6. The van der Waals surface area contributed by atoms with Gasteiger partial charge in [0.25, 0.3) is 0 Å². The van der Waals surface area contributed by atoms with Crippen molar-refractivity contribution in [3.05, 3.63) is 77.8 Å². The number of hydrogen-bond acceptors (Lipinski definition) is 7. The minimum atomic E-state index is -4.05. The summed E-state index contributed by atoms with van der Waals surface area (Å²) in [6.07, 6.45) is 8.63. The zero-order chi connectivity index (χ0) is 38.7. The Labute approximate surface area is 330 Å². The molecule has 2 bridgehead atoms. The van der Waals surface area contributed by atoms with Crippen LogP contribution in [0.4, 0.5) is 4.79 Å². The first-order valence-corrected chi connectivity index (χ1v) is 21.7. The van der Waals surface area contributed by atoms with Gasteiger partial charge >= 0.3 is 6.09 Å². The average molecular weight is 792 g/mol. The molecule has 12 heteroatoms. The van der Waals surface area contributed by atoms with Gasteiger partial charge in [-0.3, -0.25) is 4.79 Å². The Bertz CT molecular complexity index is 1880. The number of amides is 2. The van der Waals surface area contributed by atoms with Crippen LogP contribution in [0, 0.1) is 5.92 Å². The second-order valence-corrected chi connectivity index (χ2v) is 19.0. The topological polar surface area (TPSA) is 114 Å². The lowest BCUT2D eigenvalue weighted by Gasteiger charge is -2.44. The molecule has 2 unspecified atom stereocenters. The van der Waals surface area contributed by atoms with Crippen LogP contribution in [0.2, 0.25) is 5.02 Å². The molecule has 10 nitrogen and oxygen atoms in total. The standard InChI is InChI=1S/C43H54ClN3O7S/c1-43(2,3)54-42(49)45-33-25-34-15-16-35(26-33)47(34)41(48)40-27-38(53-37-17-11-31(12-18-37)30-9-13-32(44)14-10-30)23-24-46(40)55(50,51)39-21-19-36(20-22-39)52-28-29-7-5-4-6-8-29/h9-14,17-22,29,33-35,38,40H,4-8,15-16,23-28H2,1-3H3,(H,45,49)/t33?,34?,35?,38-,40-/m0/s1. The van der Waals surface area contributed by atoms with Gasteiger partial charge in [0.05, 0.1) is 11.5 Å². The highest BCUT2D eigenvalue weighted by Crippen LogP contribution is 2.39. The molecule has 1 aliphatic carbocycles. The molecule has 4 aliphatic rings. The van der Waals surface area contributed by atoms with Gasteiger partial charge in [-0.15, -0.1) is 0 Å². The first kappa shape index (κ1) is 39.4. The second kappa shape index (κ2) is 16.7. The molecular weight excluding hydrogens is 738 g/mol. The minimum absolute atomic E-state index is 0.113. The number of carbonyl (C=O) groups excluding carboxylic acids is 2. The maximum Gasteiger partial charge on any atom is 0.407 e. The van der Waals surface area contributed by atoms with Crippen molar-refractivity contribution in [2.24, 2.45) is 5.92 Å². The summed E-state index contributed by atoms with van der Waals surface area (Å²) in [5, 5.41) is 3.68. The number of carbonyl (C=O) groups is 2. The van der Waals surface area contributed by atoms with E-state index in [0.717, 1.165) is 36.8 Å². The van der Waals surface area contributed by atoms with Gasteiger partial charge in [-0.2, -0.15) is 4.31 Å². The molecule has 1 N–H and O–H groups in total. The van der Waals surface area contributed by atoms with Crippen LogP contribution >= 0.6 is 11.6 Å². The van der Waals surface area contributed by atoms with Crippen molar-refractivity contribution < 1.29 is 32.2 Å². The summed E-state index contributed by atoms with van der Waals surface area (Å²) in [6, 6.07) is 20.7. The van der Waals surface area contributed by atoms with E-state index in [2.05, 4.69) is 5.32 Å². The van der Waals surface area contributed by atoms with Gasteiger partial charge in [-0.1, -0.05) is 55.1 Å². The van der Waals surface area contributed by atoms with Gasteiger partial charge in [0.2, 0.25) is 15.9 Å². The fourth-order valence-electron chi connectivity index (χ4n) is 8.80. The van der Waals surface area contributed by atoms with E-state index >= 15 is 0 Å². The number of nitrogens with zero attached hydrogens (tertiary/aromatic N) is 2. The number of benzene rings is 3. The third-order valence-electron chi connectivity index (χ3n) is 11.5. The highest BCUT2D eigenvalue weighted by Gasteiger charge is 2.50. The summed E-state index contributed by atoms with van der Waals surface area (Å²) in [5.74, 6) is 1.63. The monoisotopic (exact) mass is 791 g/mol. The molecule has 0 aromatic heterocycles. The second-order valence-electron chi connectivity index (χ2n) is 16.7. The predicted octanol–water partition coefficient (Wildman–Crippen LogP) is 8.61. The summed E-state index contributed by atoms with van der Waals surface area (Å²) in [5.41, 5.74) is 1.43. The van der Waals surface area contributed by atoms with Gasteiger partial charge < -0.3 is 24.4 Å². The summed E-state index contributed by atoms with van der Waals surface area (Å²) in [7, 11) is -4.05. The number of sulfonamides is 1. The molecule has 3 aromatic rings. The fourth-order valence-corrected chi connectivity index (χ4v) is 10.5. The van der Waals surface area contributed by atoms with Crippen molar-refractivity contribution in [3.8, 4) is 22.6 Å². The maximum atomic E-state index is 14.8. The summed E-state index contributed by atoms with van der Waals surface area (Å²) in [4.78, 5) is 29.4. The van der Waals surface area contributed by atoms with Crippen LogP contribution in [0.3, 0.4) is 0 Å². The Morgan fingerprint density at radius 3 is 2.00 bits per heavy atom. The third kappa shape index (κ3) is 9.60. The van der Waals surface area contributed by atoms with Gasteiger partial charge in [-0.05, 0) is 131 Å². The number of fused-ring (bicyclic) bond motifs is 2. The number of rotatable bonds is 10. The normalized spacial score (nSPS) is 24.9. The average Bonchev–Trinajstić information content (AvgIpc) is 3.43. The lowest BCUT2D eigenvalue weighted by Crippen LogP contribution is -2.60. The SMILES string of the molecule is CC(C)(C)OC(=O)NC1CC2CCC(C1)N2C(=O)[C@@H]1C[C@@H](Oc2ccc(-c3ccc(Cl)cc3)cc2)CCN1S(=O)(=O)c1ccc(OCC2CCCCC2)cc1. The summed E-state index contributed by atoms with van der Waals surface area (Å²) < 4.78 is 48.3. The molecule has 3 saturated heterocycles. The smallest absolute Gasteiger partial charge is 0.407 e. The maximum absolute atomic E-state index is 14.8. The molecule has 3 aliphatic heterocycles. The Morgan fingerprint density at radius 2 is 1.38 bits per heavy atom. The van der Waals surface area contributed by atoms with Crippen LogP contribution in [0.5, 0.6) is 11.5 Å². The van der Waals surface area contributed by atoms with E-state index in [4.69, 9.17) is 25.8 Å². The molecular formula is C43H54ClN3O7S. The molecule has 0 radical (unpaired) electrons. The molecule has 4 fully saturated rings. The Kier molecular flexibility index (Phi) is 12.0. The number of ether oxygens (including phenoxy) is 3. The van der Waals surface area contributed by atoms with Crippen LogP contribution in [-0.2, 0) is 19.6 Å². The van der Waals surface area contributed by atoms with Crippen molar-refractivity contribution in [1.29, 1.82) is 0 Å². The van der Waals surface area contributed by atoms with Crippen LogP contribution < -0.4 is 14.8 Å². The molecule has 0 spiro atoms. The van der Waals surface area contributed by atoms with Crippen LogP contribution in [0.15, 0.2) is 77.7 Å². The first-order chi connectivity index (χ1) is 26.3. The molecule has 4 atom stereocenters. The van der Waals surface area contributed by atoms with E-state index in [0.29, 0.717) is 48.3 Å². The van der Waals surface area contributed by atoms with E-state index in [1.165, 1.54) is 23.6 Å². The number of halogens is 1. The number of piperidine rings is 2. The highest BCUT2D eigenvalue weighted by atomic mass is 35.5. The number of nitrogens with one attached hydrogen (secondary N) is 1. The largest absolute Gasteiger partial charge is 0.493 e. The zero-order valence-electron chi connectivity index (χ0n) is 32.1. The molecule has 3 aromatic carbocycles. The van der Waals surface area contributed by atoms with Crippen molar-refractivity contribution in [1.82, 2.24) is 14.5 Å². The predicted molar refractivity (Wildman–Crippen MR) is 213 cm³/mol. The fraction of sp³-hybridized carbons (Fsp3) is 0.535. The molecule has 2 amide bonds. The van der Waals surface area contributed by atoms with E-state index in [1.807, 2.05) is 74.2 Å².